The molecular weight excluding hydrogens is 268 g/mol. The lowest BCUT2D eigenvalue weighted by Gasteiger charge is -2.21. The third-order valence-electron chi connectivity index (χ3n) is 2.57. The van der Waals surface area contributed by atoms with E-state index < -0.39 is 41.3 Å². The van der Waals surface area contributed by atoms with Gasteiger partial charge in [-0.3, -0.25) is 14.3 Å². The van der Waals surface area contributed by atoms with Crippen LogP contribution in [0.1, 0.15) is 8.97 Å². The highest BCUT2D eigenvalue weighted by Crippen LogP contribution is 2.38. The lowest BCUT2D eigenvalue weighted by molar-refractivity contribution is -0.0787. The minimum absolute atomic E-state index is 0.686. The minimum Gasteiger partial charge on any atom is -0.392 e. The van der Waals surface area contributed by atoms with Gasteiger partial charge in [0.2, 0.25) is 0 Å². The number of rotatable bonds is 2. The summed E-state index contributed by atoms with van der Waals surface area (Å²) >= 11 is 5.68. The highest BCUT2D eigenvalue weighted by atomic mass is 35.5. The maximum atomic E-state index is 11.6. The number of aromatic nitrogens is 2. The summed E-state index contributed by atoms with van der Waals surface area (Å²) in [6.07, 6.45) is -4.39. The Hall–Kier alpha value is -1.19. The van der Waals surface area contributed by atoms with Crippen LogP contribution in [-0.4, -0.2) is 48.7 Å². The van der Waals surface area contributed by atoms with Gasteiger partial charge in [0.05, 0.1) is 9.30 Å². The zero-order valence-electron chi connectivity index (χ0n) is 10.8. The third-order valence-corrected chi connectivity index (χ3v) is 2.96. The van der Waals surface area contributed by atoms with Crippen LogP contribution >= 0.6 is 11.6 Å². The maximum Gasteiger partial charge on any atom is 0.330 e. The molecule has 1 aromatic rings. The van der Waals surface area contributed by atoms with E-state index >= 15 is 0 Å². The van der Waals surface area contributed by atoms with Crippen LogP contribution < -0.4 is 11.2 Å². The van der Waals surface area contributed by atoms with E-state index in [-0.39, 0.29) is 0 Å². The lowest BCUT2D eigenvalue weighted by Crippen LogP contribution is -2.41. The zero-order valence-corrected chi connectivity index (χ0v) is 9.53. The highest BCUT2D eigenvalue weighted by molar-refractivity contribution is 6.23. The Balaban J connectivity index is 2.46. The molecule has 0 aromatic carbocycles. The monoisotopic (exact) mass is 280 g/mol. The van der Waals surface area contributed by atoms with Crippen molar-refractivity contribution in [2.75, 3.05) is 6.56 Å². The fraction of sp³-hybridized carbons (Fsp3) is 0.556. The molecule has 2 rings (SSSR count). The minimum atomic E-state index is -3.19. The molecule has 2 heterocycles. The summed E-state index contributed by atoms with van der Waals surface area (Å²) < 4.78 is 19.9. The van der Waals surface area contributed by atoms with E-state index in [4.69, 9.17) is 19.1 Å². The molecule has 9 heteroatoms. The third kappa shape index (κ3) is 1.98. The summed E-state index contributed by atoms with van der Waals surface area (Å²) in [5, 5.41) is 26.2. The second kappa shape index (κ2) is 4.48. The van der Waals surface area contributed by atoms with Gasteiger partial charge in [0.15, 0.2) is 11.3 Å². The molecule has 0 radical (unpaired) electrons. The number of nitrogens with zero attached hydrogens (tertiary/aromatic N) is 1. The molecule has 18 heavy (non-hydrogen) atoms. The molecule has 1 aromatic heterocycles. The second-order valence-electron chi connectivity index (χ2n) is 3.72. The van der Waals surface area contributed by atoms with Crippen LogP contribution in [0.4, 0.5) is 0 Å². The number of ether oxygens (including phenoxy) is 1. The second-order valence-corrected chi connectivity index (χ2v) is 4.28. The van der Waals surface area contributed by atoms with Crippen LogP contribution in [0.5, 0.6) is 0 Å². The summed E-state index contributed by atoms with van der Waals surface area (Å²) in [5.74, 6) is 0. The van der Waals surface area contributed by atoms with E-state index in [1.54, 1.807) is 0 Å². The van der Waals surface area contributed by atoms with Gasteiger partial charge in [-0.2, -0.15) is 0 Å². The molecule has 0 amide bonds. The van der Waals surface area contributed by atoms with Gasteiger partial charge < -0.3 is 20.1 Å². The zero-order chi connectivity index (χ0) is 15.3. The number of aromatic amines is 1. The molecule has 1 aliphatic rings. The summed E-state index contributed by atoms with van der Waals surface area (Å²) in [6.45, 7) is -3.19. The summed E-state index contributed by atoms with van der Waals surface area (Å²) in [7, 11) is 0. The van der Waals surface area contributed by atoms with Crippen LogP contribution in [0.15, 0.2) is 21.9 Å². The number of aliphatic hydroxyl groups is 3. The van der Waals surface area contributed by atoms with Gasteiger partial charge in [0.1, 0.15) is 12.2 Å². The van der Waals surface area contributed by atoms with E-state index in [1.807, 2.05) is 4.98 Å². The molecule has 0 spiro atoms. The average molecular weight is 281 g/mol. The van der Waals surface area contributed by atoms with Gasteiger partial charge in [-0.25, -0.2) is 4.79 Å². The summed E-state index contributed by atoms with van der Waals surface area (Å²) in [6, 6.07) is 0.964. The Morgan fingerprint density at radius 3 is 2.78 bits per heavy atom. The van der Waals surface area contributed by atoms with Crippen molar-refractivity contribution in [3.63, 3.8) is 0 Å². The first kappa shape index (κ1) is 10.7. The molecule has 8 nitrogen and oxygen atoms in total. The van der Waals surface area contributed by atoms with Crippen LogP contribution in [0.25, 0.3) is 0 Å². The molecule has 1 aliphatic heterocycles. The first-order valence-corrected chi connectivity index (χ1v) is 5.22. The Morgan fingerprint density at radius 1 is 1.61 bits per heavy atom. The molecule has 1 fully saturated rings. The molecule has 0 unspecified atom stereocenters. The van der Waals surface area contributed by atoms with Crippen molar-refractivity contribution in [2.24, 2.45) is 0 Å². The highest BCUT2D eigenvalue weighted by Gasteiger charge is 2.54. The van der Waals surface area contributed by atoms with Gasteiger partial charge in [0, 0.05) is 12.3 Å². The van der Waals surface area contributed by atoms with Crippen molar-refractivity contribution in [1.29, 1.82) is 0 Å². The Labute approximate surface area is 108 Å². The summed E-state index contributed by atoms with van der Waals surface area (Å²) in [4.78, 5) is 24.4. The van der Waals surface area contributed by atoms with Crippen molar-refractivity contribution >= 4 is 11.6 Å². The van der Waals surface area contributed by atoms with E-state index in [0.29, 0.717) is 4.57 Å². The predicted octanol–water partition coefficient (Wildman–Crippen LogP) is -2.29. The molecule has 0 saturated carbocycles. The van der Waals surface area contributed by atoms with Gasteiger partial charge >= 0.3 is 5.69 Å². The quantitative estimate of drug-likeness (QED) is 0.452. The van der Waals surface area contributed by atoms with Crippen molar-refractivity contribution in [3.05, 3.63) is 33.1 Å². The number of nitrogens with one attached hydrogen (secondary N) is 1. The Kier molecular flexibility index (Phi) is 2.67. The SMILES string of the molecule is [2H]C([2H])(O)[C@@]1(Cl)O[C@@H](n2ccc(=O)[nH]c2=O)[C@H](O)[C@@H]1O. The van der Waals surface area contributed by atoms with Crippen molar-refractivity contribution in [3.8, 4) is 0 Å². The number of H-pyrrole nitrogens is 1. The topological polar surface area (TPSA) is 125 Å². The number of aliphatic hydroxyl groups excluding tert-OH is 2. The van der Waals surface area contributed by atoms with Gasteiger partial charge in [-0.15, -0.1) is 0 Å². The van der Waals surface area contributed by atoms with E-state index in [0.717, 1.165) is 12.3 Å². The first-order valence-electron chi connectivity index (χ1n) is 5.84. The average Bonchev–Trinajstić information content (AvgIpc) is 2.54. The largest absolute Gasteiger partial charge is 0.392 e. The molecule has 0 bridgehead atoms. The van der Waals surface area contributed by atoms with Gasteiger partial charge in [0.25, 0.3) is 5.56 Å². The maximum absolute atomic E-state index is 11.6. The molecule has 4 N–H and O–H groups in total. The number of alkyl halides is 1. The molecule has 1 saturated heterocycles. The van der Waals surface area contributed by atoms with Crippen LogP contribution in [-0.2, 0) is 4.74 Å². The van der Waals surface area contributed by atoms with Crippen LogP contribution in [0, 0.1) is 0 Å². The Morgan fingerprint density at radius 2 is 2.28 bits per heavy atom. The van der Waals surface area contributed by atoms with Gasteiger partial charge in [-0.1, -0.05) is 11.6 Å². The molecule has 100 valence electrons. The van der Waals surface area contributed by atoms with E-state index in [1.165, 1.54) is 0 Å². The molecular formula is C9H11ClN2O6. The molecule has 0 aliphatic carbocycles. The number of hydrogen-bond acceptors (Lipinski definition) is 6. The normalized spacial score (nSPS) is 38.3. The van der Waals surface area contributed by atoms with Crippen molar-refractivity contribution in [1.82, 2.24) is 9.55 Å². The summed E-state index contributed by atoms with van der Waals surface area (Å²) in [5.41, 5.74) is -1.64. The predicted molar refractivity (Wildman–Crippen MR) is 59.1 cm³/mol. The number of halogens is 1. The van der Waals surface area contributed by atoms with Crippen LogP contribution in [0.3, 0.4) is 0 Å². The van der Waals surface area contributed by atoms with Crippen molar-refractivity contribution in [2.45, 2.75) is 23.5 Å². The standard InChI is InChI=1S/C9H11ClN2O6/c10-9(3-13)6(16)5(15)7(18-9)12-2-1-4(14)11-8(12)17/h1-2,5-7,13,15-16H,3H2,(H,11,14,17)/t5-,6+,7-,9-/m1/s1/i3D2. The fourth-order valence-electron chi connectivity index (χ4n) is 1.63. The van der Waals surface area contributed by atoms with E-state index in [2.05, 4.69) is 0 Å². The van der Waals surface area contributed by atoms with Gasteiger partial charge in [-0.05, 0) is 0 Å². The molecule has 4 atom stereocenters. The lowest BCUT2D eigenvalue weighted by atomic mass is 10.1. The van der Waals surface area contributed by atoms with Crippen LogP contribution in [0.2, 0.25) is 0 Å². The van der Waals surface area contributed by atoms with Crippen molar-refractivity contribution < 1.29 is 22.8 Å². The fourth-order valence-corrected chi connectivity index (χ4v) is 1.85. The van der Waals surface area contributed by atoms with E-state index in [9.17, 15) is 24.9 Å². The first-order chi connectivity index (χ1) is 9.08. The number of hydrogen-bond donors (Lipinski definition) is 4. The Bertz CT molecular complexity index is 628. The smallest absolute Gasteiger partial charge is 0.330 e.